The van der Waals surface area contributed by atoms with Gasteiger partial charge < -0.3 is 10.2 Å². The molecule has 0 saturated carbocycles. The van der Waals surface area contributed by atoms with Gasteiger partial charge in [-0.1, -0.05) is 48.3 Å². The quantitative estimate of drug-likeness (QED) is 0.421. The molecule has 0 bridgehead atoms. The summed E-state index contributed by atoms with van der Waals surface area (Å²) in [5.74, 6) is -1.35. The van der Waals surface area contributed by atoms with Crippen LogP contribution >= 0.6 is 23.2 Å². The molecule has 0 saturated heterocycles. The van der Waals surface area contributed by atoms with E-state index >= 15 is 0 Å². The lowest BCUT2D eigenvalue weighted by Gasteiger charge is -2.29. The van der Waals surface area contributed by atoms with Gasteiger partial charge >= 0.3 is 0 Å². The maximum atomic E-state index is 14.2. The zero-order valence-corrected chi connectivity index (χ0v) is 22.3. The lowest BCUT2D eigenvalue weighted by molar-refractivity contribution is -0.140. The van der Waals surface area contributed by atoms with Gasteiger partial charge in [0, 0.05) is 36.1 Å². The highest BCUT2D eigenvalue weighted by molar-refractivity contribution is 7.92. The van der Waals surface area contributed by atoms with Gasteiger partial charge in [0.15, 0.2) is 0 Å². The maximum absolute atomic E-state index is 14.2. The highest BCUT2D eigenvalue weighted by atomic mass is 35.5. The fourth-order valence-electron chi connectivity index (χ4n) is 3.45. The number of anilines is 1. The van der Waals surface area contributed by atoms with Crippen molar-refractivity contribution in [1.82, 2.24) is 10.2 Å². The van der Waals surface area contributed by atoms with Crippen LogP contribution in [0.5, 0.6) is 0 Å². The largest absolute Gasteiger partial charge is 0.354 e. The number of hydrogen-bond donors (Lipinski definition) is 1. The third-order valence-electron chi connectivity index (χ3n) is 5.35. The molecular formula is C24H30Cl2FN3O4S. The van der Waals surface area contributed by atoms with Gasteiger partial charge in [0.2, 0.25) is 21.8 Å². The van der Waals surface area contributed by atoms with E-state index in [9.17, 15) is 22.4 Å². The van der Waals surface area contributed by atoms with E-state index in [1.54, 1.807) is 25.1 Å². The molecule has 2 rings (SSSR count). The van der Waals surface area contributed by atoms with E-state index < -0.39 is 21.9 Å². The van der Waals surface area contributed by atoms with Crippen LogP contribution in [0.3, 0.4) is 0 Å². The lowest BCUT2D eigenvalue weighted by atomic mass is 10.1. The van der Waals surface area contributed by atoms with Crippen molar-refractivity contribution < 1.29 is 22.4 Å². The minimum atomic E-state index is -3.78. The Hall–Kier alpha value is -2.36. The Labute approximate surface area is 216 Å². The number of para-hydroxylation sites is 1. The fourth-order valence-corrected chi connectivity index (χ4v) is 4.88. The number of nitrogens with one attached hydrogen (secondary N) is 1. The molecule has 0 heterocycles. The van der Waals surface area contributed by atoms with Crippen molar-refractivity contribution >= 4 is 50.7 Å². The zero-order chi connectivity index (χ0) is 26.2. The predicted octanol–water partition coefficient (Wildman–Crippen LogP) is 4.62. The molecule has 0 spiro atoms. The van der Waals surface area contributed by atoms with Crippen LogP contribution in [0.15, 0.2) is 42.5 Å². The van der Waals surface area contributed by atoms with Crippen LogP contribution in [0.4, 0.5) is 10.1 Å². The Morgan fingerprint density at radius 2 is 1.83 bits per heavy atom. The van der Waals surface area contributed by atoms with Crippen LogP contribution in [0.25, 0.3) is 0 Å². The Balaban J connectivity index is 2.20. The molecule has 192 valence electrons. The van der Waals surface area contributed by atoms with Crippen LogP contribution in [0.2, 0.25) is 10.0 Å². The topological polar surface area (TPSA) is 86.8 Å². The second-order valence-corrected chi connectivity index (χ2v) is 10.9. The molecule has 0 aromatic heterocycles. The summed E-state index contributed by atoms with van der Waals surface area (Å²) in [5, 5.41) is 3.59. The molecule has 0 radical (unpaired) electrons. The molecular weight excluding hydrogens is 516 g/mol. The molecule has 0 fully saturated rings. The normalized spacial score (nSPS) is 12.2. The summed E-state index contributed by atoms with van der Waals surface area (Å²) < 4.78 is 39.7. The van der Waals surface area contributed by atoms with Crippen molar-refractivity contribution in [2.24, 2.45) is 0 Å². The Morgan fingerprint density at radius 3 is 2.43 bits per heavy atom. The first-order valence-corrected chi connectivity index (χ1v) is 13.8. The standard InChI is InChI=1S/C24H30Cl2FN3O4S/c1-4-13-28-24(32)17(2)29(16-18-11-12-19(25)15-20(18)26)23(31)10-7-14-30(35(3,33)34)22-9-6-5-8-21(22)27/h5-6,8-9,11-12,15,17H,4,7,10,13-14,16H2,1-3H3,(H,28,32). The molecule has 2 amide bonds. The van der Waals surface area contributed by atoms with Gasteiger partial charge in [-0.05, 0) is 49.6 Å². The molecule has 11 heteroatoms. The van der Waals surface area contributed by atoms with Crippen LogP contribution in [0.1, 0.15) is 38.7 Å². The first-order valence-electron chi connectivity index (χ1n) is 11.2. The van der Waals surface area contributed by atoms with E-state index in [0.29, 0.717) is 22.2 Å². The average Bonchev–Trinajstić information content (AvgIpc) is 2.79. The highest BCUT2D eigenvalue weighted by Gasteiger charge is 2.27. The minimum Gasteiger partial charge on any atom is -0.354 e. The van der Waals surface area contributed by atoms with E-state index in [1.807, 2.05) is 6.92 Å². The van der Waals surface area contributed by atoms with Gasteiger partial charge in [0.1, 0.15) is 11.9 Å². The molecule has 0 aliphatic rings. The van der Waals surface area contributed by atoms with Crippen LogP contribution in [-0.4, -0.2) is 50.5 Å². The van der Waals surface area contributed by atoms with Gasteiger partial charge in [-0.2, -0.15) is 0 Å². The molecule has 2 aromatic carbocycles. The summed E-state index contributed by atoms with van der Waals surface area (Å²) in [5.41, 5.74) is 0.531. The van der Waals surface area contributed by atoms with Gasteiger partial charge in [-0.15, -0.1) is 0 Å². The molecule has 1 N–H and O–H groups in total. The zero-order valence-electron chi connectivity index (χ0n) is 19.9. The first-order chi connectivity index (χ1) is 16.5. The van der Waals surface area contributed by atoms with E-state index in [-0.39, 0.29) is 43.4 Å². The van der Waals surface area contributed by atoms with Gasteiger partial charge in [0.05, 0.1) is 11.9 Å². The SMILES string of the molecule is CCCNC(=O)C(C)N(Cc1ccc(Cl)cc1Cl)C(=O)CCCN(c1ccccc1F)S(C)(=O)=O. The number of carbonyl (C=O) groups excluding carboxylic acids is 2. The first kappa shape index (κ1) is 28.9. The Kier molecular flexibility index (Phi) is 10.8. The van der Waals surface area contributed by atoms with Crippen molar-refractivity contribution in [2.45, 2.75) is 45.7 Å². The highest BCUT2D eigenvalue weighted by Crippen LogP contribution is 2.25. The van der Waals surface area contributed by atoms with Crippen LogP contribution < -0.4 is 9.62 Å². The van der Waals surface area contributed by atoms with Gasteiger partial charge in [0.25, 0.3) is 0 Å². The number of rotatable bonds is 12. The third-order valence-corrected chi connectivity index (χ3v) is 7.11. The smallest absolute Gasteiger partial charge is 0.242 e. The van der Waals surface area contributed by atoms with Gasteiger partial charge in [-0.3, -0.25) is 13.9 Å². The van der Waals surface area contributed by atoms with E-state index in [1.165, 1.54) is 29.2 Å². The lowest BCUT2D eigenvalue weighted by Crippen LogP contribution is -2.48. The van der Waals surface area contributed by atoms with Crippen molar-refractivity contribution in [2.75, 3.05) is 23.7 Å². The molecule has 0 aliphatic carbocycles. The number of sulfonamides is 1. The van der Waals surface area contributed by atoms with Crippen molar-refractivity contribution in [3.05, 3.63) is 63.9 Å². The van der Waals surface area contributed by atoms with Crippen LogP contribution in [0, 0.1) is 5.82 Å². The Bertz CT molecular complexity index is 1150. The van der Waals surface area contributed by atoms with E-state index in [2.05, 4.69) is 5.32 Å². The molecule has 1 atom stereocenters. The number of hydrogen-bond acceptors (Lipinski definition) is 4. The van der Waals surface area contributed by atoms with Crippen LogP contribution in [-0.2, 0) is 26.2 Å². The summed E-state index contributed by atoms with van der Waals surface area (Å²) in [6.45, 7) is 3.98. The second-order valence-electron chi connectivity index (χ2n) is 8.11. The van der Waals surface area contributed by atoms with E-state index in [0.717, 1.165) is 17.0 Å². The van der Waals surface area contributed by atoms with Crippen molar-refractivity contribution in [1.29, 1.82) is 0 Å². The summed E-state index contributed by atoms with van der Waals surface area (Å²) in [7, 11) is -3.78. The van der Waals surface area contributed by atoms with Crippen molar-refractivity contribution in [3.8, 4) is 0 Å². The predicted molar refractivity (Wildman–Crippen MR) is 138 cm³/mol. The number of amides is 2. The third kappa shape index (κ3) is 8.37. The number of benzene rings is 2. The molecule has 0 aliphatic heterocycles. The molecule has 7 nitrogen and oxygen atoms in total. The monoisotopic (exact) mass is 545 g/mol. The maximum Gasteiger partial charge on any atom is 0.242 e. The number of halogens is 3. The number of nitrogens with zero attached hydrogens (tertiary/aromatic N) is 2. The summed E-state index contributed by atoms with van der Waals surface area (Å²) in [4.78, 5) is 27.2. The second kappa shape index (κ2) is 13.1. The van der Waals surface area contributed by atoms with E-state index in [4.69, 9.17) is 23.2 Å². The average molecular weight is 546 g/mol. The number of carbonyl (C=O) groups is 2. The molecule has 35 heavy (non-hydrogen) atoms. The Morgan fingerprint density at radius 1 is 1.14 bits per heavy atom. The minimum absolute atomic E-state index is 0.0585. The molecule has 1 unspecified atom stereocenters. The fraction of sp³-hybridized carbons (Fsp3) is 0.417. The molecule has 2 aromatic rings. The van der Waals surface area contributed by atoms with Gasteiger partial charge in [-0.25, -0.2) is 12.8 Å². The van der Waals surface area contributed by atoms with Crippen molar-refractivity contribution in [3.63, 3.8) is 0 Å². The summed E-state index contributed by atoms with van der Waals surface area (Å²) >= 11 is 12.3. The summed E-state index contributed by atoms with van der Waals surface area (Å²) in [6.07, 6.45) is 1.79. The summed E-state index contributed by atoms with van der Waals surface area (Å²) in [6, 6.07) is 9.64.